The van der Waals surface area contributed by atoms with Crippen molar-refractivity contribution in [2.75, 3.05) is 11.4 Å². The Labute approximate surface area is 112 Å². The third-order valence-electron chi connectivity index (χ3n) is 3.55. The van der Waals surface area contributed by atoms with Crippen molar-refractivity contribution < 1.29 is 0 Å². The van der Waals surface area contributed by atoms with Gasteiger partial charge in [-0.05, 0) is 36.6 Å². The molecule has 2 aromatic rings. The van der Waals surface area contributed by atoms with Gasteiger partial charge in [-0.1, -0.05) is 18.2 Å². The van der Waals surface area contributed by atoms with Crippen molar-refractivity contribution in [1.82, 2.24) is 4.98 Å². The van der Waals surface area contributed by atoms with Gasteiger partial charge in [-0.15, -0.1) is 0 Å². The van der Waals surface area contributed by atoms with Gasteiger partial charge in [0, 0.05) is 18.4 Å². The molecule has 1 aliphatic rings. The number of rotatable bonds is 2. The molecule has 19 heavy (non-hydrogen) atoms. The predicted octanol–water partition coefficient (Wildman–Crippen LogP) is 2.37. The molecule has 0 aliphatic carbocycles. The third kappa shape index (κ3) is 1.85. The molecular formula is C15H16N4. The molecule has 0 fully saturated rings. The van der Waals surface area contributed by atoms with Gasteiger partial charge in [0.05, 0.1) is 5.56 Å². The van der Waals surface area contributed by atoms with Crippen LogP contribution in [0.25, 0.3) is 0 Å². The van der Waals surface area contributed by atoms with Crippen LogP contribution in [-0.2, 0) is 6.42 Å². The van der Waals surface area contributed by atoms with E-state index in [0.29, 0.717) is 0 Å². The van der Waals surface area contributed by atoms with E-state index in [1.807, 2.05) is 19.1 Å². The smallest absolute Gasteiger partial charge is 0.144 e. The second-order valence-corrected chi connectivity index (χ2v) is 4.77. The van der Waals surface area contributed by atoms with E-state index in [9.17, 15) is 0 Å². The number of fused-ring (bicyclic) bond motifs is 1. The summed E-state index contributed by atoms with van der Waals surface area (Å²) in [5.41, 5.74) is 9.93. The zero-order valence-corrected chi connectivity index (χ0v) is 10.9. The van der Waals surface area contributed by atoms with Crippen molar-refractivity contribution in [2.45, 2.75) is 13.3 Å². The zero-order valence-electron chi connectivity index (χ0n) is 10.9. The zero-order chi connectivity index (χ0) is 13.4. The summed E-state index contributed by atoms with van der Waals surface area (Å²) < 4.78 is 0. The first kappa shape index (κ1) is 11.7. The highest BCUT2D eigenvalue weighted by molar-refractivity contribution is 6.01. The molecule has 0 bridgehead atoms. The molecule has 4 heteroatoms. The maximum absolute atomic E-state index is 7.78. The molecule has 0 unspecified atom stereocenters. The monoisotopic (exact) mass is 252 g/mol. The molecule has 1 aliphatic heterocycles. The number of aromatic nitrogens is 1. The van der Waals surface area contributed by atoms with Crippen LogP contribution in [0, 0.1) is 12.3 Å². The molecule has 0 saturated carbocycles. The Balaban J connectivity index is 2.15. The average Bonchev–Trinajstić information content (AvgIpc) is 2.81. The minimum absolute atomic E-state index is 0.0741. The van der Waals surface area contributed by atoms with Crippen LogP contribution in [0.4, 0.5) is 11.5 Å². The number of nitrogens with two attached hydrogens (primary N) is 1. The van der Waals surface area contributed by atoms with E-state index in [0.717, 1.165) is 29.9 Å². The fourth-order valence-corrected chi connectivity index (χ4v) is 2.64. The highest BCUT2D eigenvalue weighted by atomic mass is 15.2. The first-order valence-electron chi connectivity index (χ1n) is 6.34. The summed E-state index contributed by atoms with van der Waals surface area (Å²) >= 11 is 0. The fraction of sp³-hybridized carbons (Fsp3) is 0.200. The van der Waals surface area contributed by atoms with Crippen LogP contribution in [0.15, 0.2) is 36.5 Å². The van der Waals surface area contributed by atoms with Gasteiger partial charge in [0.15, 0.2) is 0 Å². The Morgan fingerprint density at radius 2 is 2.11 bits per heavy atom. The number of nitrogens with one attached hydrogen (secondary N) is 1. The molecular weight excluding hydrogens is 236 g/mol. The summed E-state index contributed by atoms with van der Waals surface area (Å²) in [5.74, 6) is 0.863. The van der Waals surface area contributed by atoms with E-state index < -0.39 is 0 Å². The van der Waals surface area contributed by atoms with E-state index in [1.54, 1.807) is 6.20 Å². The predicted molar refractivity (Wildman–Crippen MR) is 77.1 cm³/mol. The Bertz CT molecular complexity index is 648. The molecule has 1 aromatic carbocycles. The lowest BCUT2D eigenvalue weighted by atomic mass is 10.1. The Hall–Kier alpha value is -2.36. The van der Waals surface area contributed by atoms with Gasteiger partial charge >= 0.3 is 0 Å². The van der Waals surface area contributed by atoms with Gasteiger partial charge < -0.3 is 10.6 Å². The summed E-state index contributed by atoms with van der Waals surface area (Å²) in [6, 6.07) is 10.2. The van der Waals surface area contributed by atoms with Crippen molar-refractivity contribution in [1.29, 1.82) is 5.41 Å². The van der Waals surface area contributed by atoms with Gasteiger partial charge in [-0.3, -0.25) is 5.41 Å². The SMILES string of the molecule is Cc1ccnc(N2CCc3ccccc32)c1C(=N)N. The van der Waals surface area contributed by atoms with E-state index in [-0.39, 0.29) is 5.84 Å². The van der Waals surface area contributed by atoms with E-state index in [1.165, 1.54) is 11.3 Å². The van der Waals surface area contributed by atoms with Crippen molar-refractivity contribution >= 4 is 17.3 Å². The lowest BCUT2D eigenvalue weighted by Crippen LogP contribution is -2.22. The Kier molecular flexibility index (Phi) is 2.71. The minimum Gasteiger partial charge on any atom is -0.384 e. The lowest BCUT2D eigenvalue weighted by Gasteiger charge is -2.22. The number of benzene rings is 1. The van der Waals surface area contributed by atoms with Gasteiger partial charge in [0.1, 0.15) is 11.7 Å². The van der Waals surface area contributed by atoms with E-state index in [4.69, 9.17) is 11.1 Å². The van der Waals surface area contributed by atoms with Crippen molar-refractivity contribution in [3.8, 4) is 0 Å². The van der Waals surface area contributed by atoms with Crippen LogP contribution < -0.4 is 10.6 Å². The van der Waals surface area contributed by atoms with Crippen molar-refractivity contribution in [3.05, 3.63) is 53.2 Å². The highest BCUT2D eigenvalue weighted by Gasteiger charge is 2.24. The molecule has 96 valence electrons. The number of hydrogen-bond donors (Lipinski definition) is 2. The first-order valence-corrected chi connectivity index (χ1v) is 6.34. The normalized spacial score (nSPS) is 13.4. The molecule has 0 spiro atoms. The fourth-order valence-electron chi connectivity index (χ4n) is 2.64. The molecule has 3 rings (SSSR count). The molecule has 1 aromatic heterocycles. The molecule has 4 nitrogen and oxygen atoms in total. The Morgan fingerprint density at radius 1 is 1.32 bits per heavy atom. The quantitative estimate of drug-likeness (QED) is 0.637. The number of anilines is 2. The van der Waals surface area contributed by atoms with Crippen LogP contribution in [0.2, 0.25) is 0 Å². The maximum atomic E-state index is 7.78. The summed E-state index contributed by atoms with van der Waals surface area (Å²) in [5, 5.41) is 7.78. The van der Waals surface area contributed by atoms with Crippen LogP contribution in [0.3, 0.4) is 0 Å². The number of para-hydroxylation sites is 1. The molecule has 0 atom stereocenters. The molecule has 0 saturated heterocycles. The van der Waals surface area contributed by atoms with Crippen LogP contribution in [-0.4, -0.2) is 17.4 Å². The molecule has 3 N–H and O–H groups in total. The maximum Gasteiger partial charge on any atom is 0.144 e. The van der Waals surface area contributed by atoms with E-state index in [2.05, 4.69) is 28.1 Å². The summed E-state index contributed by atoms with van der Waals surface area (Å²) in [6.45, 7) is 2.85. The van der Waals surface area contributed by atoms with Crippen LogP contribution >= 0.6 is 0 Å². The number of aryl methyl sites for hydroxylation is 1. The number of pyridine rings is 1. The molecule has 0 radical (unpaired) electrons. The van der Waals surface area contributed by atoms with Gasteiger partial charge in [-0.2, -0.15) is 0 Å². The standard InChI is InChI=1S/C15H16N4/c1-10-6-8-18-15(13(10)14(16)17)19-9-7-11-4-2-3-5-12(11)19/h2-6,8H,7,9H2,1H3,(H3,16,17). The number of nitrogens with zero attached hydrogens (tertiary/aromatic N) is 2. The summed E-state index contributed by atoms with van der Waals surface area (Å²) in [7, 11) is 0. The minimum atomic E-state index is 0.0741. The first-order chi connectivity index (χ1) is 9.18. The largest absolute Gasteiger partial charge is 0.384 e. The van der Waals surface area contributed by atoms with Crippen LogP contribution in [0.5, 0.6) is 0 Å². The van der Waals surface area contributed by atoms with Crippen LogP contribution in [0.1, 0.15) is 16.7 Å². The Morgan fingerprint density at radius 3 is 2.89 bits per heavy atom. The summed E-state index contributed by atoms with van der Waals surface area (Å²) in [6.07, 6.45) is 2.78. The van der Waals surface area contributed by atoms with Crippen molar-refractivity contribution in [2.24, 2.45) is 5.73 Å². The van der Waals surface area contributed by atoms with Crippen molar-refractivity contribution in [3.63, 3.8) is 0 Å². The molecule has 0 amide bonds. The third-order valence-corrected chi connectivity index (χ3v) is 3.55. The number of nitrogen functional groups attached to an aromatic ring is 1. The molecule has 2 heterocycles. The van der Waals surface area contributed by atoms with Gasteiger partial charge in [0.25, 0.3) is 0 Å². The average molecular weight is 252 g/mol. The lowest BCUT2D eigenvalue weighted by molar-refractivity contribution is 0.969. The highest BCUT2D eigenvalue weighted by Crippen LogP contribution is 2.35. The second kappa shape index (κ2) is 4.39. The summed E-state index contributed by atoms with van der Waals surface area (Å²) in [4.78, 5) is 6.60. The van der Waals surface area contributed by atoms with E-state index >= 15 is 0 Å². The number of amidine groups is 1. The second-order valence-electron chi connectivity index (χ2n) is 4.77. The van der Waals surface area contributed by atoms with Gasteiger partial charge in [0.2, 0.25) is 0 Å². The topological polar surface area (TPSA) is 66.0 Å². The van der Waals surface area contributed by atoms with Gasteiger partial charge in [-0.25, -0.2) is 4.98 Å². The number of hydrogen-bond acceptors (Lipinski definition) is 3.